The van der Waals surface area contributed by atoms with Crippen LogP contribution in [0.4, 0.5) is 0 Å². The van der Waals surface area contributed by atoms with E-state index in [0.29, 0.717) is 23.2 Å². The first kappa shape index (κ1) is 22.3. The molecular formula is C26H29N3O2S. The number of hydrogen-bond donors (Lipinski definition) is 0. The van der Waals surface area contributed by atoms with Crippen LogP contribution in [0.1, 0.15) is 48.0 Å². The number of nitrogens with zero attached hydrogens (tertiary/aromatic N) is 3. The number of carbonyl (C=O) groups is 1. The second kappa shape index (κ2) is 10.2. The molecule has 2 aromatic carbocycles. The lowest BCUT2D eigenvalue weighted by Crippen LogP contribution is -2.24. The zero-order chi connectivity index (χ0) is 22.5. The number of allylic oxidation sites excluding steroid dienone is 2. The van der Waals surface area contributed by atoms with Crippen LogP contribution in [-0.4, -0.2) is 34.5 Å². The summed E-state index contributed by atoms with van der Waals surface area (Å²) in [6, 6.07) is 15.2. The molecule has 0 saturated heterocycles. The number of fused-ring (bicyclic) bond motifs is 1. The highest BCUT2D eigenvalue weighted by Gasteiger charge is 2.14. The lowest BCUT2D eigenvalue weighted by molar-refractivity contribution is 0.0827. The summed E-state index contributed by atoms with van der Waals surface area (Å²) in [5.41, 5.74) is 3.89. The summed E-state index contributed by atoms with van der Waals surface area (Å²) >= 11 is 1.55. The normalized spacial score (nSPS) is 13.8. The van der Waals surface area contributed by atoms with Crippen molar-refractivity contribution in [2.24, 2.45) is 0 Å². The first-order chi connectivity index (χ1) is 15.5. The number of para-hydroxylation sites is 1. The molecule has 0 saturated carbocycles. The van der Waals surface area contributed by atoms with Gasteiger partial charge in [-0.05, 0) is 61.9 Å². The summed E-state index contributed by atoms with van der Waals surface area (Å²) in [7, 11) is 3.51. The van der Waals surface area contributed by atoms with Gasteiger partial charge >= 0.3 is 0 Å². The number of rotatable bonds is 7. The number of benzene rings is 2. The SMILES string of the molecule is CN(C)C(=O)c1cccc(CSc2nc3ccccc3c(=O)n2CCC2=CCCCC2)c1. The molecule has 3 aromatic rings. The molecule has 0 N–H and O–H groups in total. The Bertz CT molecular complexity index is 1210. The monoisotopic (exact) mass is 447 g/mol. The van der Waals surface area contributed by atoms with Crippen LogP contribution in [0, 0.1) is 0 Å². The molecule has 0 radical (unpaired) electrons. The van der Waals surface area contributed by atoms with Crippen LogP contribution in [0.3, 0.4) is 0 Å². The fourth-order valence-corrected chi connectivity index (χ4v) is 5.01. The third kappa shape index (κ3) is 5.13. The van der Waals surface area contributed by atoms with Crippen molar-refractivity contribution in [3.8, 4) is 0 Å². The van der Waals surface area contributed by atoms with Crippen LogP contribution >= 0.6 is 11.8 Å². The van der Waals surface area contributed by atoms with E-state index >= 15 is 0 Å². The zero-order valence-corrected chi connectivity index (χ0v) is 19.5. The zero-order valence-electron chi connectivity index (χ0n) is 18.7. The topological polar surface area (TPSA) is 55.2 Å². The molecule has 0 atom stereocenters. The molecule has 1 aliphatic carbocycles. The number of amides is 1. The van der Waals surface area contributed by atoms with E-state index < -0.39 is 0 Å². The van der Waals surface area contributed by atoms with Gasteiger partial charge in [-0.1, -0.05) is 47.7 Å². The molecule has 1 heterocycles. The van der Waals surface area contributed by atoms with E-state index in [1.807, 2.05) is 53.1 Å². The molecule has 1 aromatic heterocycles. The van der Waals surface area contributed by atoms with Gasteiger partial charge in [-0.3, -0.25) is 14.2 Å². The Labute approximate surface area is 193 Å². The van der Waals surface area contributed by atoms with Crippen LogP contribution in [0.25, 0.3) is 10.9 Å². The molecule has 0 fully saturated rings. The second-order valence-electron chi connectivity index (χ2n) is 8.42. The highest BCUT2D eigenvalue weighted by atomic mass is 32.2. The van der Waals surface area contributed by atoms with E-state index in [4.69, 9.17) is 4.98 Å². The van der Waals surface area contributed by atoms with Crippen LogP contribution in [0.15, 0.2) is 70.1 Å². The highest BCUT2D eigenvalue weighted by Crippen LogP contribution is 2.25. The van der Waals surface area contributed by atoms with Gasteiger partial charge in [0.05, 0.1) is 10.9 Å². The van der Waals surface area contributed by atoms with Crippen molar-refractivity contribution >= 4 is 28.6 Å². The molecule has 0 aliphatic heterocycles. The lowest BCUT2D eigenvalue weighted by atomic mass is 9.97. The molecule has 0 unspecified atom stereocenters. The lowest BCUT2D eigenvalue weighted by Gasteiger charge is -2.16. The van der Waals surface area contributed by atoms with E-state index in [1.165, 1.54) is 18.4 Å². The summed E-state index contributed by atoms with van der Waals surface area (Å²) in [6.07, 6.45) is 8.00. The molecule has 1 amide bonds. The van der Waals surface area contributed by atoms with Gasteiger partial charge in [0.2, 0.25) is 0 Å². The van der Waals surface area contributed by atoms with Gasteiger partial charge in [0, 0.05) is 32.0 Å². The summed E-state index contributed by atoms with van der Waals surface area (Å²) < 4.78 is 1.83. The maximum atomic E-state index is 13.3. The maximum absolute atomic E-state index is 13.3. The summed E-state index contributed by atoms with van der Waals surface area (Å²) in [6.45, 7) is 0.643. The smallest absolute Gasteiger partial charge is 0.262 e. The van der Waals surface area contributed by atoms with Crippen molar-refractivity contribution in [3.63, 3.8) is 0 Å². The van der Waals surface area contributed by atoms with Crippen molar-refractivity contribution in [3.05, 3.63) is 81.7 Å². The van der Waals surface area contributed by atoms with Gasteiger partial charge in [-0.15, -0.1) is 0 Å². The summed E-state index contributed by atoms with van der Waals surface area (Å²) in [4.78, 5) is 32.0. The molecular weight excluding hydrogens is 418 g/mol. The van der Waals surface area contributed by atoms with Gasteiger partial charge in [0.25, 0.3) is 11.5 Å². The predicted octanol–water partition coefficient (Wildman–Crippen LogP) is 5.28. The molecule has 0 bridgehead atoms. The number of hydrogen-bond acceptors (Lipinski definition) is 4. The first-order valence-electron chi connectivity index (χ1n) is 11.1. The Kier molecular flexibility index (Phi) is 7.10. The maximum Gasteiger partial charge on any atom is 0.262 e. The van der Waals surface area contributed by atoms with E-state index in [0.717, 1.165) is 35.5 Å². The predicted molar refractivity (Wildman–Crippen MR) is 131 cm³/mol. The van der Waals surface area contributed by atoms with E-state index in [1.54, 1.807) is 30.8 Å². The largest absolute Gasteiger partial charge is 0.345 e. The molecule has 32 heavy (non-hydrogen) atoms. The molecule has 166 valence electrons. The minimum Gasteiger partial charge on any atom is -0.345 e. The van der Waals surface area contributed by atoms with Crippen LogP contribution in [-0.2, 0) is 12.3 Å². The van der Waals surface area contributed by atoms with Gasteiger partial charge in [0.15, 0.2) is 5.16 Å². The van der Waals surface area contributed by atoms with Crippen LogP contribution in [0.2, 0.25) is 0 Å². The van der Waals surface area contributed by atoms with E-state index in [-0.39, 0.29) is 11.5 Å². The third-order valence-corrected chi connectivity index (χ3v) is 6.86. The molecule has 1 aliphatic rings. The van der Waals surface area contributed by atoms with Crippen LogP contribution in [0.5, 0.6) is 0 Å². The van der Waals surface area contributed by atoms with Crippen molar-refractivity contribution in [1.29, 1.82) is 0 Å². The highest BCUT2D eigenvalue weighted by molar-refractivity contribution is 7.98. The van der Waals surface area contributed by atoms with Gasteiger partial charge in [-0.25, -0.2) is 4.98 Å². The molecule has 0 spiro atoms. The average molecular weight is 448 g/mol. The first-order valence-corrected chi connectivity index (χ1v) is 12.1. The third-order valence-electron chi connectivity index (χ3n) is 5.82. The quantitative estimate of drug-likeness (QED) is 0.281. The minimum absolute atomic E-state index is 0.0154. The Morgan fingerprint density at radius 1 is 1.12 bits per heavy atom. The fourth-order valence-electron chi connectivity index (χ4n) is 4.04. The molecule has 5 nitrogen and oxygen atoms in total. The van der Waals surface area contributed by atoms with Crippen molar-refractivity contribution in [2.45, 2.75) is 49.6 Å². The van der Waals surface area contributed by atoms with Crippen molar-refractivity contribution in [1.82, 2.24) is 14.5 Å². The van der Waals surface area contributed by atoms with Gasteiger partial charge in [0.1, 0.15) is 0 Å². The van der Waals surface area contributed by atoms with Gasteiger partial charge in [-0.2, -0.15) is 0 Å². The molecule has 6 heteroatoms. The number of aromatic nitrogens is 2. The number of thioether (sulfide) groups is 1. The Balaban J connectivity index is 1.61. The average Bonchev–Trinajstić information content (AvgIpc) is 2.82. The standard InChI is InChI=1S/C26H29N3O2S/c1-28(2)24(30)21-12-8-11-20(17-21)18-32-26-27-23-14-7-6-13-22(23)25(31)29(26)16-15-19-9-4-3-5-10-19/h6-9,11-14,17H,3-5,10,15-16,18H2,1-2H3. The Morgan fingerprint density at radius 3 is 2.75 bits per heavy atom. The minimum atomic E-state index is -0.0154. The van der Waals surface area contributed by atoms with Crippen molar-refractivity contribution in [2.75, 3.05) is 14.1 Å². The van der Waals surface area contributed by atoms with Gasteiger partial charge < -0.3 is 4.90 Å². The fraction of sp³-hybridized carbons (Fsp3) is 0.346. The Hall–Kier alpha value is -2.86. The van der Waals surface area contributed by atoms with Crippen LogP contribution < -0.4 is 5.56 Å². The van der Waals surface area contributed by atoms with E-state index in [2.05, 4.69) is 6.08 Å². The van der Waals surface area contributed by atoms with E-state index in [9.17, 15) is 9.59 Å². The summed E-state index contributed by atoms with van der Waals surface area (Å²) in [5.74, 6) is 0.625. The van der Waals surface area contributed by atoms with Crippen molar-refractivity contribution < 1.29 is 4.79 Å². The summed E-state index contributed by atoms with van der Waals surface area (Å²) in [5, 5.41) is 1.39. The number of carbonyl (C=O) groups excluding carboxylic acids is 1. The second-order valence-corrected chi connectivity index (χ2v) is 9.36. The Morgan fingerprint density at radius 2 is 1.97 bits per heavy atom. The molecule has 4 rings (SSSR count).